The number of carbonyl (C=O) groups is 1. The number of carbonyl (C=O) groups excluding carboxylic acids is 1. The van der Waals surface area contributed by atoms with Crippen LogP contribution in [0.15, 0.2) is 0 Å². The van der Waals surface area contributed by atoms with Crippen molar-refractivity contribution in [3.8, 4) is 0 Å². The molecule has 0 radical (unpaired) electrons. The van der Waals surface area contributed by atoms with Gasteiger partial charge in [-0.15, -0.1) is 0 Å². The Morgan fingerprint density at radius 1 is 1.15 bits per heavy atom. The summed E-state index contributed by atoms with van der Waals surface area (Å²) in [4.78, 5) is 14.2. The lowest BCUT2D eigenvalue weighted by Crippen LogP contribution is -2.72. The van der Waals surface area contributed by atoms with Gasteiger partial charge in [-0.1, -0.05) is 0 Å². The lowest BCUT2D eigenvalue weighted by atomic mass is 9.67. The Hall–Kier alpha value is -0.650. The van der Waals surface area contributed by atoms with Gasteiger partial charge in [0.25, 0.3) is 5.91 Å². The lowest BCUT2D eigenvalue weighted by molar-refractivity contribution is -0.925. The Balaban J connectivity index is 1.68. The number of quaternary nitrogens is 1. The van der Waals surface area contributed by atoms with E-state index in [1.54, 1.807) is 0 Å². The highest BCUT2D eigenvalue weighted by atomic mass is 16.5. The van der Waals surface area contributed by atoms with Crippen molar-refractivity contribution in [2.45, 2.75) is 56.7 Å². The van der Waals surface area contributed by atoms with E-state index < -0.39 is 6.10 Å². The first-order valence-corrected chi connectivity index (χ1v) is 8.16. The standard InChI is InChI=1S/C15H24N2O3/c18-13-6-5-12-11-4-2-8-17(20)7-1-3-10(14(11)17)9-16(12)15(13)19/h10-14,18H,1-9H2/t10-,11+,12+,13-,14-,17?/m0/s1. The average molecular weight is 280 g/mol. The average Bonchev–Trinajstić information content (AvgIpc) is 2.43. The molecular weight excluding hydrogens is 256 g/mol. The van der Waals surface area contributed by atoms with Gasteiger partial charge < -0.3 is 19.9 Å². The predicted molar refractivity (Wildman–Crippen MR) is 73.3 cm³/mol. The van der Waals surface area contributed by atoms with Gasteiger partial charge in [0.1, 0.15) is 6.10 Å². The van der Waals surface area contributed by atoms with Gasteiger partial charge in [-0.05, 0) is 38.5 Å². The molecule has 0 aromatic heterocycles. The molecule has 1 unspecified atom stereocenters. The molecule has 0 bridgehead atoms. The third kappa shape index (κ3) is 1.69. The van der Waals surface area contributed by atoms with Crippen molar-refractivity contribution in [3.05, 3.63) is 5.21 Å². The molecule has 0 aromatic carbocycles. The lowest BCUT2D eigenvalue weighted by Gasteiger charge is -2.64. The number of aliphatic hydroxyl groups excluding tert-OH is 1. The first-order chi connectivity index (χ1) is 9.60. The van der Waals surface area contributed by atoms with Crippen molar-refractivity contribution in [1.29, 1.82) is 0 Å². The Morgan fingerprint density at radius 3 is 2.70 bits per heavy atom. The first-order valence-electron chi connectivity index (χ1n) is 8.16. The van der Waals surface area contributed by atoms with E-state index in [0.717, 1.165) is 45.2 Å². The van der Waals surface area contributed by atoms with Gasteiger partial charge in [0.05, 0.1) is 19.1 Å². The quantitative estimate of drug-likeness (QED) is 0.528. The molecule has 1 N–H and O–H groups in total. The number of nitrogens with zero attached hydrogens (tertiary/aromatic N) is 2. The molecule has 5 nitrogen and oxygen atoms in total. The van der Waals surface area contributed by atoms with Gasteiger partial charge >= 0.3 is 0 Å². The van der Waals surface area contributed by atoms with Crippen LogP contribution in [0.4, 0.5) is 0 Å². The minimum atomic E-state index is -0.804. The summed E-state index contributed by atoms with van der Waals surface area (Å²) in [5.41, 5.74) is 0. The molecule has 4 saturated heterocycles. The molecule has 4 heterocycles. The second-order valence-electron chi connectivity index (χ2n) is 7.25. The van der Waals surface area contributed by atoms with Crippen LogP contribution in [-0.2, 0) is 4.79 Å². The maximum Gasteiger partial charge on any atom is 0.251 e. The third-order valence-corrected chi connectivity index (χ3v) is 6.28. The van der Waals surface area contributed by atoms with Gasteiger partial charge in [0, 0.05) is 24.4 Å². The van der Waals surface area contributed by atoms with Gasteiger partial charge in [-0.3, -0.25) is 4.79 Å². The van der Waals surface area contributed by atoms with E-state index in [1.807, 2.05) is 4.90 Å². The van der Waals surface area contributed by atoms with Crippen LogP contribution in [0.3, 0.4) is 0 Å². The molecule has 112 valence electrons. The van der Waals surface area contributed by atoms with E-state index in [9.17, 15) is 15.1 Å². The second-order valence-corrected chi connectivity index (χ2v) is 7.25. The minimum absolute atomic E-state index is 0.0103. The molecule has 0 spiro atoms. The summed E-state index contributed by atoms with van der Waals surface area (Å²) < 4.78 is 0.0103. The second kappa shape index (κ2) is 4.42. The Kier molecular flexibility index (Phi) is 2.88. The molecule has 20 heavy (non-hydrogen) atoms. The molecule has 0 saturated carbocycles. The van der Waals surface area contributed by atoms with Gasteiger partial charge in [-0.25, -0.2) is 0 Å². The summed E-state index contributed by atoms with van der Waals surface area (Å²) in [5, 5.41) is 23.0. The van der Waals surface area contributed by atoms with Crippen molar-refractivity contribution >= 4 is 5.91 Å². The number of hydrogen-bond donors (Lipinski definition) is 1. The van der Waals surface area contributed by atoms with Crippen molar-refractivity contribution in [1.82, 2.24) is 4.90 Å². The van der Waals surface area contributed by atoms with Crippen LogP contribution in [0.1, 0.15) is 38.5 Å². The molecular formula is C15H24N2O3. The summed E-state index contributed by atoms with van der Waals surface area (Å²) in [7, 11) is 0. The molecule has 0 aromatic rings. The Morgan fingerprint density at radius 2 is 1.90 bits per heavy atom. The van der Waals surface area contributed by atoms with Gasteiger partial charge in [0.15, 0.2) is 0 Å². The van der Waals surface area contributed by atoms with Crippen LogP contribution >= 0.6 is 0 Å². The molecule has 4 rings (SSSR count). The van der Waals surface area contributed by atoms with Crippen molar-refractivity contribution in [3.63, 3.8) is 0 Å². The molecule has 6 atom stereocenters. The fourth-order valence-corrected chi connectivity index (χ4v) is 5.56. The molecule has 4 aliphatic heterocycles. The SMILES string of the molecule is O=C1[C@@H](O)CC[C@@H]2[C@H]3CCC[N+]4([O-])CCC[C@@H](CN12)[C@@H]34. The smallest absolute Gasteiger partial charge is 0.251 e. The van der Waals surface area contributed by atoms with E-state index in [0.29, 0.717) is 24.8 Å². The molecule has 4 aliphatic rings. The highest BCUT2D eigenvalue weighted by molar-refractivity contribution is 5.82. The van der Waals surface area contributed by atoms with E-state index in [2.05, 4.69) is 0 Å². The zero-order valence-corrected chi connectivity index (χ0v) is 11.9. The monoisotopic (exact) mass is 280 g/mol. The van der Waals surface area contributed by atoms with Crippen LogP contribution in [0.2, 0.25) is 0 Å². The summed E-state index contributed by atoms with van der Waals surface area (Å²) in [6.07, 6.45) is 4.81. The maximum atomic E-state index is 13.1. The van der Waals surface area contributed by atoms with Crippen LogP contribution in [0.5, 0.6) is 0 Å². The number of fused-ring (bicyclic) bond motifs is 2. The number of amides is 1. The topological polar surface area (TPSA) is 63.6 Å². The van der Waals surface area contributed by atoms with Crippen molar-refractivity contribution in [2.24, 2.45) is 11.8 Å². The number of hydrogen-bond acceptors (Lipinski definition) is 3. The summed E-state index contributed by atoms with van der Waals surface area (Å²) in [6.45, 7) is 2.27. The summed E-state index contributed by atoms with van der Waals surface area (Å²) in [5.74, 6) is 0.647. The fourth-order valence-electron chi connectivity index (χ4n) is 5.56. The molecule has 0 aliphatic carbocycles. The van der Waals surface area contributed by atoms with Crippen molar-refractivity contribution in [2.75, 3.05) is 19.6 Å². The van der Waals surface area contributed by atoms with Crippen molar-refractivity contribution < 1.29 is 14.5 Å². The number of hydroxylamine groups is 3. The molecule has 4 fully saturated rings. The van der Waals surface area contributed by atoms with Crippen LogP contribution in [0.25, 0.3) is 0 Å². The largest absolute Gasteiger partial charge is 0.633 e. The number of piperidine rings is 4. The van der Waals surface area contributed by atoms with Gasteiger partial charge in [0.2, 0.25) is 0 Å². The highest BCUT2D eigenvalue weighted by Crippen LogP contribution is 2.47. The van der Waals surface area contributed by atoms with Crippen LogP contribution < -0.4 is 0 Å². The van der Waals surface area contributed by atoms with Gasteiger partial charge in [-0.2, -0.15) is 0 Å². The molecule has 1 amide bonds. The third-order valence-electron chi connectivity index (χ3n) is 6.28. The summed E-state index contributed by atoms with van der Waals surface area (Å²) >= 11 is 0. The number of rotatable bonds is 0. The zero-order valence-electron chi connectivity index (χ0n) is 11.9. The van der Waals surface area contributed by atoms with E-state index >= 15 is 0 Å². The first kappa shape index (κ1) is 13.0. The maximum absolute atomic E-state index is 13.1. The predicted octanol–water partition coefficient (Wildman–Crippen LogP) is 0.855. The van der Waals surface area contributed by atoms with E-state index in [1.165, 1.54) is 0 Å². The van der Waals surface area contributed by atoms with Crippen LogP contribution in [-0.4, -0.2) is 58.4 Å². The Bertz CT molecular complexity index is 425. The van der Waals surface area contributed by atoms with Crippen LogP contribution in [0, 0.1) is 17.0 Å². The zero-order chi connectivity index (χ0) is 13.9. The normalized spacial score (nSPS) is 51.4. The van der Waals surface area contributed by atoms with E-state index in [-0.39, 0.29) is 22.6 Å². The minimum Gasteiger partial charge on any atom is -0.633 e. The van der Waals surface area contributed by atoms with E-state index in [4.69, 9.17) is 0 Å². The fraction of sp³-hybridized carbons (Fsp3) is 0.933. The summed E-state index contributed by atoms with van der Waals surface area (Å²) in [6, 6.07) is 0.443. The Labute approximate surface area is 119 Å². The molecule has 5 heteroatoms. The number of aliphatic hydroxyl groups is 1. The highest BCUT2D eigenvalue weighted by Gasteiger charge is 2.56.